The molecule has 5 heteroatoms. The number of hydrogen-bond acceptors (Lipinski definition) is 4. The van der Waals surface area contributed by atoms with E-state index in [4.69, 9.17) is 5.26 Å². The SMILES string of the molecule is CC(C)c1nc(Br)cc(Nc2ccc(CC#N)cc2)n1. The molecule has 0 radical (unpaired) electrons. The molecule has 0 spiro atoms. The minimum absolute atomic E-state index is 0.269. The molecule has 0 amide bonds. The van der Waals surface area contributed by atoms with E-state index in [1.165, 1.54) is 0 Å². The molecule has 2 aromatic rings. The monoisotopic (exact) mass is 330 g/mol. The van der Waals surface area contributed by atoms with Crippen LogP contribution in [0, 0.1) is 11.3 Å². The molecule has 0 saturated heterocycles. The summed E-state index contributed by atoms with van der Waals surface area (Å²) in [5, 5.41) is 11.9. The van der Waals surface area contributed by atoms with Crippen molar-refractivity contribution in [3.63, 3.8) is 0 Å². The fraction of sp³-hybridized carbons (Fsp3) is 0.267. The summed E-state index contributed by atoms with van der Waals surface area (Å²) >= 11 is 3.40. The van der Waals surface area contributed by atoms with Crippen LogP contribution >= 0.6 is 15.9 Å². The van der Waals surface area contributed by atoms with Crippen LogP contribution in [0.2, 0.25) is 0 Å². The summed E-state index contributed by atoms with van der Waals surface area (Å²) in [6.45, 7) is 4.12. The molecule has 0 aliphatic carbocycles. The highest BCUT2D eigenvalue weighted by atomic mass is 79.9. The maximum absolute atomic E-state index is 8.65. The molecule has 0 fully saturated rings. The zero-order chi connectivity index (χ0) is 14.5. The van der Waals surface area contributed by atoms with E-state index in [0.29, 0.717) is 6.42 Å². The van der Waals surface area contributed by atoms with Crippen LogP contribution < -0.4 is 5.32 Å². The molecule has 0 aliphatic rings. The molecule has 0 atom stereocenters. The smallest absolute Gasteiger partial charge is 0.135 e. The summed E-state index contributed by atoms with van der Waals surface area (Å²) in [4.78, 5) is 8.83. The van der Waals surface area contributed by atoms with Gasteiger partial charge in [0.25, 0.3) is 0 Å². The molecule has 20 heavy (non-hydrogen) atoms. The molecule has 1 aromatic heterocycles. The zero-order valence-corrected chi connectivity index (χ0v) is 13.0. The molecular formula is C15H15BrN4. The number of anilines is 2. The Balaban J connectivity index is 2.19. The fourth-order valence-corrected chi connectivity index (χ4v) is 2.10. The number of nitrogens with zero attached hydrogens (tertiary/aromatic N) is 3. The molecule has 0 saturated carbocycles. The van der Waals surface area contributed by atoms with Gasteiger partial charge in [-0.25, -0.2) is 9.97 Å². The first-order chi connectivity index (χ1) is 9.58. The Morgan fingerprint density at radius 1 is 1.25 bits per heavy atom. The Kier molecular flexibility index (Phi) is 4.70. The van der Waals surface area contributed by atoms with Crippen LogP contribution in [0.4, 0.5) is 11.5 Å². The van der Waals surface area contributed by atoms with Crippen LogP contribution in [0.1, 0.15) is 31.2 Å². The maximum atomic E-state index is 8.65. The molecule has 4 nitrogen and oxygen atoms in total. The number of halogens is 1. The van der Waals surface area contributed by atoms with E-state index in [0.717, 1.165) is 27.5 Å². The Morgan fingerprint density at radius 2 is 1.95 bits per heavy atom. The van der Waals surface area contributed by atoms with Crippen LogP contribution in [-0.4, -0.2) is 9.97 Å². The standard InChI is InChI=1S/C15H15BrN4/c1-10(2)15-19-13(16)9-14(20-15)18-12-5-3-11(4-6-12)7-8-17/h3-6,9-10H,7H2,1-2H3,(H,18,19,20). The fourth-order valence-electron chi connectivity index (χ4n) is 1.70. The molecular weight excluding hydrogens is 316 g/mol. The summed E-state index contributed by atoms with van der Waals surface area (Å²) in [5.41, 5.74) is 1.94. The second-order valence-electron chi connectivity index (χ2n) is 4.75. The van der Waals surface area contributed by atoms with Gasteiger partial charge < -0.3 is 5.32 Å². The van der Waals surface area contributed by atoms with Crippen molar-refractivity contribution in [3.05, 3.63) is 46.3 Å². The van der Waals surface area contributed by atoms with E-state index in [2.05, 4.69) is 51.1 Å². The third-order valence-electron chi connectivity index (χ3n) is 2.74. The van der Waals surface area contributed by atoms with Gasteiger partial charge in [-0.3, -0.25) is 0 Å². The van der Waals surface area contributed by atoms with Crippen molar-refractivity contribution >= 4 is 27.4 Å². The molecule has 0 aliphatic heterocycles. The van der Waals surface area contributed by atoms with Crippen molar-refractivity contribution in [2.45, 2.75) is 26.2 Å². The van der Waals surface area contributed by atoms with Crippen LogP contribution in [0.3, 0.4) is 0 Å². The Hall–Kier alpha value is -1.93. The van der Waals surface area contributed by atoms with Gasteiger partial charge in [0.2, 0.25) is 0 Å². The number of rotatable bonds is 4. The van der Waals surface area contributed by atoms with Gasteiger partial charge in [-0.2, -0.15) is 5.26 Å². The maximum Gasteiger partial charge on any atom is 0.135 e. The van der Waals surface area contributed by atoms with Gasteiger partial charge >= 0.3 is 0 Å². The van der Waals surface area contributed by atoms with Gasteiger partial charge in [-0.1, -0.05) is 26.0 Å². The first-order valence-corrected chi connectivity index (χ1v) is 7.15. The summed E-state index contributed by atoms with van der Waals surface area (Å²) < 4.78 is 0.764. The number of nitriles is 1. The van der Waals surface area contributed by atoms with Crippen molar-refractivity contribution in [2.75, 3.05) is 5.32 Å². The van der Waals surface area contributed by atoms with Gasteiger partial charge in [0.05, 0.1) is 12.5 Å². The first kappa shape index (κ1) is 14.5. The van der Waals surface area contributed by atoms with Gasteiger partial charge in [-0.05, 0) is 33.6 Å². The average Bonchev–Trinajstić information content (AvgIpc) is 2.40. The third-order valence-corrected chi connectivity index (χ3v) is 3.14. The van der Waals surface area contributed by atoms with Crippen LogP contribution in [-0.2, 0) is 6.42 Å². The average molecular weight is 331 g/mol. The Labute approximate surface area is 127 Å². The minimum atomic E-state index is 0.269. The number of benzene rings is 1. The highest BCUT2D eigenvalue weighted by molar-refractivity contribution is 9.10. The third kappa shape index (κ3) is 3.78. The highest BCUT2D eigenvalue weighted by Crippen LogP contribution is 2.21. The Morgan fingerprint density at radius 3 is 2.55 bits per heavy atom. The lowest BCUT2D eigenvalue weighted by atomic mass is 10.1. The van der Waals surface area contributed by atoms with Crippen molar-refractivity contribution < 1.29 is 0 Å². The van der Waals surface area contributed by atoms with E-state index in [-0.39, 0.29) is 5.92 Å². The van der Waals surface area contributed by atoms with Gasteiger partial charge in [-0.15, -0.1) is 0 Å². The predicted octanol–water partition coefficient (Wildman–Crippen LogP) is 4.17. The molecule has 1 N–H and O–H groups in total. The van der Waals surface area contributed by atoms with Gasteiger partial charge in [0.15, 0.2) is 0 Å². The van der Waals surface area contributed by atoms with E-state index in [9.17, 15) is 0 Å². The summed E-state index contributed by atoms with van der Waals surface area (Å²) in [7, 11) is 0. The van der Waals surface area contributed by atoms with E-state index < -0.39 is 0 Å². The van der Waals surface area contributed by atoms with E-state index in [1.807, 2.05) is 30.3 Å². The topological polar surface area (TPSA) is 61.6 Å². The summed E-state index contributed by atoms with van der Waals surface area (Å²) in [6, 6.07) is 11.7. The summed E-state index contributed by atoms with van der Waals surface area (Å²) in [5.74, 6) is 1.82. The molecule has 1 heterocycles. The normalized spacial score (nSPS) is 10.3. The molecule has 1 aromatic carbocycles. The lowest BCUT2D eigenvalue weighted by Crippen LogP contribution is -2.02. The number of aromatic nitrogens is 2. The van der Waals surface area contributed by atoms with Gasteiger partial charge in [0.1, 0.15) is 16.2 Å². The van der Waals surface area contributed by atoms with Crippen LogP contribution in [0.15, 0.2) is 34.9 Å². The first-order valence-electron chi connectivity index (χ1n) is 6.36. The molecule has 0 bridgehead atoms. The quantitative estimate of drug-likeness (QED) is 0.854. The molecule has 0 unspecified atom stereocenters. The van der Waals surface area contributed by atoms with Gasteiger partial charge in [0, 0.05) is 17.7 Å². The molecule has 102 valence electrons. The van der Waals surface area contributed by atoms with E-state index in [1.54, 1.807) is 0 Å². The number of hydrogen-bond donors (Lipinski definition) is 1. The predicted molar refractivity (Wildman–Crippen MR) is 82.9 cm³/mol. The van der Waals surface area contributed by atoms with Crippen LogP contribution in [0.5, 0.6) is 0 Å². The summed E-state index contributed by atoms with van der Waals surface area (Å²) in [6.07, 6.45) is 0.427. The van der Waals surface area contributed by atoms with E-state index >= 15 is 0 Å². The minimum Gasteiger partial charge on any atom is -0.340 e. The number of nitrogens with one attached hydrogen (secondary N) is 1. The lowest BCUT2D eigenvalue weighted by molar-refractivity contribution is 0.771. The second kappa shape index (κ2) is 6.49. The van der Waals surface area contributed by atoms with Crippen molar-refractivity contribution in [3.8, 4) is 6.07 Å². The van der Waals surface area contributed by atoms with Crippen molar-refractivity contribution in [1.82, 2.24) is 9.97 Å². The lowest BCUT2D eigenvalue weighted by Gasteiger charge is -2.10. The highest BCUT2D eigenvalue weighted by Gasteiger charge is 2.07. The largest absolute Gasteiger partial charge is 0.340 e. The van der Waals surface area contributed by atoms with Crippen LogP contribution in [0.25, 0.3) is 0 Å². The van der Waals surface area contributed by atoms with Crippen molar-refractivity contribution in [1.29, 1.82) is 5.26 Å². The second-order valence-corrected chi connectivity index (χ2v) is 5.56. The Bertz CT molecular complexity index is 629. The van der Waals surface area contributed by atoms with Crippen molar-refractivity contribution in [2.24, 2.45) is 0 Å². The zero-order valence-electron chi connectivity index (χ0n) is 11.4. The molecule has 2 rings (SSSR count).